The Bertz CT molecular complexity index is 1360. The number of rotatable bonds is 9. The average molecular weight is 480 g/mol. The highest BCUT2D eigenvalue weighted by molar-refractivity contribution is 7.92. The normalized spacial score (nSPS) is 12.1. The molecule has 34 heavy (non-hydrogen) atoms. The van der Waals surface area contributed by atoms with Crippen molar-refractivity contribution in [1.82, 2.24) is 24.8 Å². The van der Waals surface area contributed by atoms with Crippen LogP contribution in [0.15, 0.2) is 59.9 Å². The van der Waals surface area contributed by atoms with E-state index < -0.39 is 15.1 Å². The minimum atomic E-state index is -3.32. The van der Waals surface area contributed by atoms with Gasteiger partial charge in [0.25, 0.3) is 0 Å². The first-order chi connectivity index (χ1) is 16.3. The fourth-order valence-corrected chi connectivity index (χ4v) is 4.58. The van der Waals surface area contributed by atoms with Crippen molar-refractivity contribution >= 4 is 21.0 Å². The maximum atomic E-state index is 12.4. The maximum Gasteiger partial charge on any atom is 0.213 e. The molecule has 1 N–H and O–H groups in total. The summed E-state index contributed by atoms with van der Waals surface area (Å²) >= 11 is 0. The van der Waals surface area contributed by atoms with Gasteiger partial charge in [-0.1, -0.05) is 12.1 Å². The molecule has 0 radical (unpaired) electrons. The number of fused-ring (bicyclic) bond motifs is 1. The van der Waals surface area contributed by atoms with Gasteiger partial charge in [-0.2, -0.15) is 0 Å². The summed E-state index contributed by atoms with van der Waals surface area (Å²) in [7, 11) is 0.753. The Kier molecular flexibility index (Phi) is 6.95. The summed E-state index contributed by atoms with van der Waals surface area (Å²) in [6, 6.07) is 10.6. The van der Waals surface area contributed by atoms with Crippen LogP contribution in [0.5, 0.6) is 5.88 Å². The van der Waals surface area contributed by atoms with Crippen molar-refractivity contribution in [2.75, 3.05) is 27.2 Å². The van der Waals surface area contributed by atoms with E-state index in [-0.39, 0.29) is 0 Å². The minimum Gasteiger partial charge on any atom is -0.478 e. The van der Waals surface area contributed by atoms with E-state index >= 15 is 0 Å². The van der Waals surface area contributed by atoms with Gasteiger partial charge in [0.15, 0.2) is 15.5 Å². The molecular formula is C25H29N5O3S. The number of aromatic nitrogens is 4. The van der Waals surface area contributed by atoms with Crippen LogP contribution >= 0.6 is 0 Å². The molecule has 0 atom stereocenters. The predicted octanol–water partition coefficient (Wildman–Crippen LogP) is 4.20. The van der Waals surface area contributed by atoms with Crippen LogP contribution in [0.25, 0.3) is 33.5 Å². The monoisotopic (exact) mass is 479 g/mol. The summed E-state index contributed by atoms with van der Waals surface area (Å²) in [5.74, 6) is 0.588. The van der Waals surface area contributed by atoms with Gasteiger partial charge in [-0.25, -0.2) is 23.4 Å². The van der Waals surface area contributed by atoms with E-state index in [1.165, 1.54) is 0 Å². The molecule has 0 aliphatic heterocycles. The van der Waals surface area contributed by atoms with Gasteiger partial charge in [0.05, 0.1) is 28.6 Å². The van der Waals surface area contributed by atoms with Gasteiger partial charge in [-0.05, 0) is 52.6 Å². The molecule has 178 valence electrons. The molecule has 0 aliphatic rings. The lowest BCUT2D eigenvalue weighted by atomic mass is 10.1. The first kappa shape index (κ1) is 23.8. The number of ether oxygens (including phenoxy) is 1. The quantitative estimate of drug-likeness (QED) is 0.359. The molecule has 1 aromatic carbocycles. The lowest BCUT2D eigenvalue weighted by Crippen LogP contribution is -2.15. The number of H-pyrrole nitrogens is 1. The van der Waals surface area contributed by atoms with E-state index in [2.05, 4.69) is 19.9 Å². The largest absolute Gasteiger partial charge is 0.478 e. The van der Waals surface area contributed by atoms with Crippen molar-refractivity contribution in [1.29, 1.82) is 0 Å². The molecule has 0 saturated carbocycles. The Morgan fingerprint density at radius 1 is 1.00 bits per heavy atom. The highest BCUT2D eigenvalue weighted by Crippen LogP contribution is 2.29. The molecule has 8 nitrogen and oxygen atoms in total. The molecular weight excluding hydrogens is 450 g/mol. The number of sulfone groups is 1. The van der Waals surface area contributed by atoms with Crippen LogP contribution in [-0.4, -0.2) is 65.8 Å². The summed E-state index contributed by atoms with van der Waals surface area (Å²) in [6.45, 7) is 4.93. The molecule has 0 amide bonds. The van der Waals surface area contributed by atoms with Gasteiger partial charge < -0.3 is 14.6 Å². The van der Waals surface area contributed by atoms with E-state index in [1.807, 2.05) is 32.4 Å². The first-order valence-electron chi connectivity index (χ1n) is 11.2. The number of pyridine rings is 1. The molecule has 0 bridgehead atoms. The van der Waals surface area contributed by atoms with Gasteiger partial charge in [0.1, 0.15) is 5.52 Å². The van der Waals surface area contributed by atoms with E-state index in [0.29, 0.717) is 28.7 Å². The second kappa shape index (κ2) is 9.90. The third-order valence-corrected chi connectivity index (χ3v) is 7.70. The molecule has 0 aliphatic carbocycles. The molecule has 0 unspecified atom stereocenters. The lowest BCUT2D eigenvalue weighted by Gasteiger charge is -2.10. The third kappa shape index (κ3) is 5.10. The number of benzene rings is 1. The molecule has 4 rings (SSSR count). The Morgan fingerprint density at radius 2 is 1.74 bits per heavy atom. The zero-order valence-corrected chi connectivity index (χ0v) is 20.6. The summed E-state index contributed by atoms with van der Waals surface area (Å²) in [5, 5.41) is -0.472. The topological polar surface area (TPSA) is 101 Å². The van der Waals surface area contributed by atoms with Crippen molar-refractivity contribution in [2.45, 2.75) is 30.4 Å². The molecule has 3 heterocycles. The van der Waals surface area contributed by atoms with Crippen molar-refractivity contribution in [3.8, 4) is 28.3 Å². The van der Waals surface area contributed by atoms with Crippen molar-refractivity contribution in [3.05, 3.63) is 55.0 Å². The third-order valence-electron chi connectivity index (χ3n) is 5.53. The highest BCUT2D eigenvalue weighted by Gasteiger charge is 2.19. The van der Waals surface area contributed by atoms with Crippen LogP contribution in [0, 0.1) is 0 Å². The molecule has 9 heteroatoms. The Labute approximate surface area is 200 Å². The van der Waals surface area contributed by atoms with Gasteiger partial charge in [0, 0.05) is 41.7 Å². The van der Waals surface area contributed by atoms with E-state index in [9.17, 15) is 8.42 Å². The second-order valence-corrected chi connectivity index (χ2v) is 11.2. The van der Waals surface area contributed by atoms with Crippen LogP contribution in [0.3, 0.4) is 0 Å². The fraction of sp³-hybridized carbons (Fsp3) is 0.320. The average Bonchev–Trinajstić information content (AvgIpc) is 3.25. The highest BCUT2D eigenvalue weighted by atomic mass is 32.2. The maximum absolute atomic E-state index is 12.4. The molecule has 0 saturated heterocycles. The number of nitrogens with one attached hydrogen (secondary N) is 1. The van der Waals surface area contributed by atoms with E-state index in [0.717, 1.165) is 35.2 Å². The van der Waals surface area contributed by atoms with Crippen LogP contribution in [0.4, 0.5) is 0 Å². The zero-order chi connectivity index (χ0) is 24.3. The van der Waals surface area contributed by atoms with Gasteiger partial charge in [-0.15, -0.1) is 0 Å². The van der Waals surface area contributed by atoms with Gasteiger partial charge in [-0.3, -0.25) is 0 Å². The number of hydrogen-bond donors (Lipinski definition) is 1. The molecule has 0 spiro atoms. The summed E-state index contributed by atoms with van der Waals surface area (Å²) in [5.41, 5.74) is 4.63. The predicted molar refractivity (Wildman–Crippen MR) is 134 cm³/mol. The summed E-state index contributed by atoms with van der Waals surface area (Å²) < 4.78 is 30.5. The van der Waals surface area contributed by atoms with E-state index in [1.54, 1.807) is 50.5 Å². The summed E-state index contributed by atoms with van der Waals surface area (Å²) in [4.78, 5) is 19.3. The van der Waals surface area contributed by atoms with Crippen molar-refractivity contribution in [3.63, 3.8) is 0 Å². The first-order valence-corrected chi connectivity index (χ1v) is 12.7. The van der Waals surface area contributed by atoms with Crippen molar-refractivity contribution in [2.24, 2.45) is 0 Å². The standard InChI is InChI=1S/C25H29N5O3S/c1-17(2)34(31,32)20-9-6-18(7-10-20)22-16-28-25-24(29-22)21(15-27-25)19-8-11-23(26-14-19)33-13-5-12-30(3)4/h6-11,14-17H,5,12-13H2,1-4H3,(H,27,28). The van der Waals surface area contributed by atoms with Crippen LogP contribution < -0.4 is 4.74 Å². The number of nitrogens with zero attached hydrogens (tertiary/aromatic N) is 4. The smallest absolute Gasteiger partial charge is 0.213 e. The fourth-order valence-electron chi connectivity index (χ4n) is 3.52. The molecule has 4 aromatic rings. The van der Waals surface area contributed by atoms with Crippen LogP contribution in [0.2, 0.25) is 0 Å². The van der Waals surface area contributed by atoms with Crippen LogP contribution in [0.1, 0.15) is 20.3 Å². The molecule has 3 aromatic heterocycles. The Hall–Kier alpha value is -3.30. The van der Waals surface area contributed by atoms with Crippen molar-refractivity contribution < 1.29 is 13.2 Å². The Morgan fingerprint density at radius 3 is 2.38 bits per heavy atom. The second-order valence-electron chi connectivity index (χ2n) is 8.66. The van der Waals surface area contributed by atoms with E-state index in [4.69, 9.17) is 9.72 Å². The Balaban J connectivity index is 1.56. The lowest BCUT2D eigenvalue weighted by molar-refractivity contribution is 0.273. The van der Waals surface area contributed by atoms with Gasteiger partial charge >= 0.3 is 0 Å². The van der Waals surface area contributed by atoms with Gasteiger partial charge in [0.2, 0.25) is 5.88 Å². The SMILES string of the molecule is CC(C)S(=O)(=O)c1ccc(-c2cnc3[nH]cc(-c4ccc(OCCCN(C)C)nc4)c3n2)cc1. The molecule has 0 fully saturated rings. The summed E-state index contributed by atoms with van der Waals surface area (Å²) in [6.07, 6.45) is 6.24. The number of hydrogen-bond acceptors (Lipinski definition) is 7. The minimum absolute atomic E-state index is 0.303. The number of aromatic amines is 1. The zero-order valence-electron chi connectivity index (χ0n) is 19.8. The van der Waals surface area contributed by atoms with Crippen LogP contribution in [-0.2, 0) is 9.84 Å².